The topological polar surface area (TPSA) is 35.0 Å². The zero-order valence-corrected chi connectivity index (χ0v) is 11.3. The lowest BCUT2D eigenvalue weighted by atomic mass is 10.1. The molecule has 1 atom stereocenters. The second kappa shape index (κ2) is 7.53. The number of hydrogen-bond donors (Lipinski definition) is 0. The third-order valence-electron chi connectivity index (χ3n) is 2.56. The van der Waals surface area contributed by atoms with E-state index in [2.05, 4.69) is 10.2 Å². The van der Waals surface area contributed by atoms with Crippen LogP contribution in [0.15, 0.2) is 12.1 Å². The Morgan fingerprint density at radius 3 is 2.47 bits per heavy atom. The van der Waals surface area contributed by atoms with Gasteiger partial charge in [0.1, 0.15) is 0 Å². The molecule has 0 saturated carbocycles. The number of halogens is 4. The van der Waals surface area contributed by atoms with Crippen LogP contribution in [-0.4, -0.2) is 22.5 Å². The van der Waals surface area contributed by atoms with Crippen LogP contribution in [0.1, 0.15) is 39.0 Å². The third-order valence-corrected chi connectivity index (χ3v) is 2.76. The van der Waals surface area contributed by atoms with Gasteiger partial charge < -0.3 is 4.74 Å². The first kappa shape index (κ1) is 16.0. The van der Waals surface area contributed by atoms with Gasteiger partial charge in [0, 0.05) is 6.07 Å². The smallest absolute Gasteiger partial charge is 0.425 e. The van der Waals surface area contributed by atoms with Gasteiger partial charge >= 0.3 is 6.18 Å². The number of unbranched alkanes of at least 4 members (excludes halogenated alkanes) is 3. The van der Waals surface area contributed by atoms with Crippen molar-refractivity contribution in [2.24, 2.45) is 0 Å². The summed E-state index contributed by atoms with van der Waals surface area (Å²) in [5, 5.41) is 7.03. The van der Waals surface area contributed by atoms with Gasteiger partial charge in [0.15, 0.2) is 11.3 Å². The zero-order valence-electron chi connectivity index (χ0n) is 10.6. The van der Waals surface area contributed by atoms with E-state index in [1.54, 1.807) is 0 Å². The molecule has 19 heavy (non-hydrogen) atoms. The van der Waals surface area contributed by atoms with Crippen molar-refractivity contribution in [2.45, 2.75) is 51.3 Å². The molecule has 108 valence electrons. The Balaban J connectivity index is 2.57. The first-order valence-electron chi connectivity index (χ1n) is 6.16. The molecule has 0 unspecified atom stereocenters. The maximum absolute atomic E-state index is 12.8. The summed E-state index contributed by atoms with van der Waals surface area (Å²) in [5.41, 5.74) is 0. The predicted molar refractivity (Wildman–Crippen MR) is 66.3 cm³/mol. The summed E-state index contributed by atoms with van der Waals surface area (Å²) in [5.74, 6) is -0.165. The molecule has 0 aliphatic heterocycles. The summed E-state index contributed by atoms with van der Waals surface area (Å²) in [6, 6.07) is 2.62. The molecule has 3 nitrogen and oxygen atoms in total. The lowest BCUT2D eigenvalue weighted by molar-refractivity contribution is -0.197. The van der Waals surface area contributed by atoms with Crippen LogP contribution < -0.4 is 4.74 Å². The molecule has 0 aromatic carbocycles. The molecule has 0 spiro atoms. The van der Waals surface area contributed by atoms with Gasteiger partial charge in [-0.2, -0.15) is 13.2 Å². The molecule has 0 saturated heterocycles. The molecule has 0 aliphatic carbocycles. The van der Waals surface area contributed by atoms with Crippen LogP contribution in [0.5, 0.6) is 5.88 Å². The van der Waals surface area contributed by atoms with E-state index in [4.69, 9.17) is 16.3 Å². The second-order valence-electron chi connectivity index (χ2n) is 4.19. The SMILES string of the molecule is CCCCCC[C@@H](Oc1ccc(Cl)nn1)C(F)(F)F. The van der Waals surface area contributed by atoms with E-state index < -0.39 is 12.3 Å². The summed E-state index contributed by atoms with van der Waals surface area (Å²) >= 11 is 5.51. The number of rotatable bonds is 7. The summed E-state index contributed by atoms with van der Waals surface area (Å²) in [6.07, 6.45) is -3.20. The molecule has 0 amide bonds. The molecule has 0 fully saturated rings. The van der Waals surface area contributed by atoms with Gasteiger partial charge in [-0.15, -0.1) is 10.2 Å². The van der Waals surface area contributed by atoms with E-state index in [9.17, 15) is 13.2 Å². The molecule has 1 heterocycles. The number of alkyl halides is 3. The van der Waals surface area contributed by atoms with Crippen molar-refractivity contribution in [1.82, 2.24) is 10.2 Å². The quantitative estimate of drug-likeness (QED) is 0.699. The Morgan fingerprint density at radius 2 is 1.95 bits per heavy atom. The highest BCUT2D eigenvalue weighted by Gasteiger charge is 2.41. The first-order chi connectivity index (χ1) is 8.93. The van der Waals surface area contributed by atoms with Crippen molar-refractivity contribution in [3.05, 3.63) is 17.3 Å². The van der Waals surface area contributed by atoms with E-state index in [0.717, 1.165) is 19.3 Å². The average Bonchev–Trinajstić information content (AvgIpc) is 2.34. The largest absolute Gasteiger partial charge is 0.464 e. The minimum absolute atomic E-state index is 0.0756. The van der Waals surface area contributed by atoms with Crippen molar-refractivity contribution < 1.29 is 17.9 Å². The van der Waals surface area contributed by atoms with Gasteiger partial charge in [-0.1, -0.05) is 37.8 Å². The van der Waals surface area contributed by atoms with Crippen molar-refractivity contribution in [2.75, 3.05) is 0 Å². The van der Waals surface area contributed by atoms with Crippen LogP contribution in [0, 0.1) is 0 Å². The summed E-state index contributed by atoms with van der Waals surface area (Å²) in [6.45, 7) is 2.00. The van der Waals surface area contributed by atoms with E-state index >= 15 is 0 Å². The highest BCUT2D eigenvalue weighted by molar-refractivity contribution is 6.29. The highest BCUT2D eigenvalue weighted by Crippen LogP contribution is 2.28. The minimum atomic E-state index is -4.41. The predicted octanol–water partition coefficient (Wildman–Crippen LogP) is 4.41. The summed E-state index contributed by atoms with van der Waals surface area (Å²) < 4.78 is 43.2. The van der Waals surface area contributed by atoms with Crippen LogP contribution in [0.25, 0.3) is 0 Å². The van der Waals surface area contributed by atoms with Gasteiger partial charge in [0.2, 0.25) is 5.88 Å². The lowest BCUT2D eigenvalue weighted by Gasteiger charge is -2.20. The van der Waals surface area contributed by atoms with Crippen LogP contribution >= 0.6 is 11.6 Å². The van der Waals surface area contributed by atoms with Crippen LogP contribution in [-0.2, 0) is 0 Å². The molecule has 1 rings (SSSR count). The second-order valence-corrected chi connectivity index (χ2v) is 4.58. The maximum atomic E-state index is 12.8. The fourth-order valence-corrected chi connectivity index (χ4v) is 1.66. The number of aromatic nitrogens is 2. The number of nitrogens with zero attached hydrogens (tertiary/aromatic N) is 2. The molecule has 0 N–H and O–H groups in total. The van der Waals surface area contributed by atoms with Crippen molar-refractivity contribution in [3.63, 3.8) is 0 Å². The number of hydrogen-bond acceptors (Lipinski definition) is 3. The molecule has 1 aromatic rings. The fourth-order valence-electron chi connectivity index (χ4n) is 1.56. The van der Waals surface area contributed by atoms with Gasteiger partial charge in [-0.05, 0) is 18.9 Å². The Kier molecular flexibility index (Phi) is 6.34. The molecule has 0 aliphatic rings. The van der Waals surface area contributed by atoms with Gasteiger partial charge in [0.05, 0.1) is 0 Å². The number of ether oxygens (including phenoxy) is 1. The van der Waals surface area contributed by atoms with E-state index in [1.807, 2.05) is 6.92 Å². The van der Waals surface area contributed by atoms with Gasteiger partial charge in [-0.25, -0.2) is 0 Å². The Morgan fingerprint density at radius 1 is 1.21 bits per heavy atom. The van der Waals surface area contributed by atoms with Crippen LogP contribution in [0.2, 0.25) is 5.15 Å². The van der Waals surface area contributed by atoms with Gasteiger partial charge in [-0.3, -0.25) is 0 Å². The van der Waals surface area contributed by atoms with Crippen LogP contribution in [0.4, 0.5) is 13.2 Å². The van der Waals surface area contributed by atoms with Crippen LogP contribution in [0.3, 0.4) is 0 Å². The minimum Gasteiger partial charge on any atom is -0.464 e. The Labute approximate surface area is 115 Å². The fraction of sp³-hybridized carbons (Fsp3) is 0.667. The Hall–Kier alpha value is -1.04. The van der Waals surface area contributed by atoms with Gasteiger partial charge in [0.25, 0.3) is 0 Å². The van der Waals surface area contributed by atoms with Crippen molar-refractivity contribution in [3.8, 4) is 5.88 Å². The van der Waals surface area contributed by atoms with Crippen molar-refractivity contribution >= 4 is 11.6 Å². The van der Waals surface area contributed by atoms with E-state index in [1.165, 1.54) is 12.1 Å². The van der Waals surface area contributed by atoms with E-state index in [-0.39, 0.29) is 17.5 Å². The summed E-state index contributed by atoms with van der Waals surface area (Å²) in [7, 11) is 0. The lowest BCUT2D eigenvalue weighted by Crippen LogP contribution is -2.34. The maximum Gasteiger partial charge on any atom is 0.425 e. The standard InChI is InChI=1S/C12H16ClF3N2O/c1-2-3-4-5-6-9(12(14,15)16)19-11-8-7-10(13)17-18-11/h7-9H,2-6H2,1H3/t9-/m1/s1. The first-order valence-corrected chi connectivity index (χ1v) is 6.54. The molecule has 0 bridgehead atoms. The normalized spacial score (nSPS) is 13.3. The zero-order chi connectivity index (χ0) is 14.3. The monoisotopic (exact) mass is 296 g/mol. The molecular weight excluding hydrogens is 281 g/mol. The average molecular weight is 297 g/mol. The molecule has 7 heteroatoms. The molecule has 1 aromatic heterocycles. The molecule has 0 radical (unpaired) electrons. The Bertz CT molecular complexity index is 370. The molecular formula is C12H16ClF3N2O. The highest BCUT2D eigenvalue weighted by atomic mass is 35.5. The van der Waals surface area contributed by atoms with E-state index in [0.29, 0.717) is 6.42 Å². The third kappa shape index (κ3) is 6.09. The summed E-state index contributed by atoms with van der Waals surface area (Å²) in [4.78, 5) is 0. The van der Waals surface area contributed by atoms with Crippen molar-refractivity contribution in [1.29, 1.82) is 0 Å².